The van der Waals surface area contributed by atoms with Crippen LogP contribution in [0.2, 0.25) is 0 Å². The molecule has 0 radical (unpaired) electrons. The van der Waals surface area contributed by atoms with Crippen LogP contribution in [0.4, 0.5) is 13.2 Å². The standard InChI is InChI=1S/C13H23F3O/c1-4-9(2)10-5-7-11(8-6-10)12(3,17)13(14,15)16/h9-11,17H,4-8H2,1-3H3. The molecular formula is C13H23F3O. The van der Waals surface area contributed by atoms with E-state index >= 15 is 0 Å². The van der Waals surface area contributed by atoms with E-state index in [1.807, 2.05) is 0 Å². The Kier molecular flexibility index (Phi) is 4.50. The summed E-state index contributed by atoms with van der Waals surface area (Å²) < 4.78 is 38.1. The molecule has 1 rings (SSSR count). The highest BCUT2D eigenvalue weighted by atomic mass is 19.4. The zero-order chi connectivity index (χ0) is 13.3. The Bertz CT molecular complexity index is 240. The Balaban J connectivity index is 2.58. The molecule has 2 unspecified atom stereocenters. The van der Waals surface area contributed by atoms with Gasteiger partial charge >= 0.3 is 6.18 Å². The smallest absolute Gasteiger partial charge is 0.380 e. The van der Waals surface area contributed by atoms with Crippen molar-refractivity contribution >= 4 is 0 Å². The van der Waals surface area contributed by atoms with Crippen LogP contribution in [-0.4, -0.2) is 16.9 Å². The molecule has 0 saturated heterocycles. The van der Waals surface area contributed by atoms with Crippen LogP contribution >= 0.6 is 0 Å². The number of alkyl halides is 3. The third-order valence-corrected chi connectivity index (χ3v) is 4.59. The minimum Gasteiger partial charge on any atom is -0.380 e. The molecule has 0 aliphatic heterocycles. The third-order valence-electron chi connectivity index (χ3n) is 4.59. The lowest BCUT2D eigenvalue weighted by molar-refractivity contribution is -0.275. The Morgan fingerprint density at radius 1 is 1.18 bits per heavy atom. The molecule has 1 nitrogen and oxygen atoms in total. The fourth-order valence-electron chi connectivity index (χ4n) is 2.82. The summed E-state index contributed by atoms with van der Waals surface area (Å²) in [4.78, 5) is 0. The van der Waals surface area contributed by atoms with Crippen LogP contribution in [-0.2, 0) is 0 Å². The molecule has 0 aromatic heterocycles. The van der Waals surface area contributed by atoms with E-state index in [0.717, 1.165) is 26.2 Å². The van der Waals surface area contributed by atoms with Crippen LogP contribution in [0.3, 0.4) is 0 Å². The number of hydrogen-bond acceptors (Lipinski definition) is 1. The number of aliphatic hydroxyl groups is 1. The van der Waals surface area contributed by atoms with Gasteiger partial charge in [0.15, 0.2) is 5.60 Å². The van der Waals surface area contributed by atoms with E-state index in [0.29, 0.717) is 24.7 Å². The van der Waals surface area contributed by atoms with Gasteiger partial charge in [-0.25, -0.2) is 0 Å². The average Bonchev–Trinajstić information content (AvgIpc) is 2.26. The maximum atomic E-state index is 12.7. The Morgan fingerprint density at radius 2 is 1.65 bits per heavy atom. The summed E-state index contributed by atoms with van der Waals surface area (Å²) in [6, 6.07) is 0. The molecule has 102 valence electrons. The molecule has 4 heteroatoms. The summed E-state index contributed by atoms with van der Waals surface area (Å²) in [5.41, 5.74) is -2.52. The predicted molar refractivity (Wildman–Crippen MR) is 61.6 cm³/mol. The lowest BCUT2D eigenvalue weighted by atomic mass is 9.70. The second kappa shape index (κ2) is 5.17. The first kappa shape index (κ1) is 14.8. The van der Waals surface area contributed by atoms with Crippen LogP contribution in [0.25, 0.3) is 0 Å². The minimum absolute atomic E-state index is 0.488. The first-order valence-electron chi connectivity index (χ1n) is 6.49. The molecule has 1 N–H and O–H groups in total. The molecule has 0 spiro atoms. The predicted octanol–water partition coefficient (Wildman–Crippen LogP) is 4.15. The highest BCUT2D eigenvalue weighted by molar-refractivity contribution is 4.92. The largest absolute Gasteiger partial charge is 0.417 e. The lowest BCUT2D eigenvalue weighted by Gasteiger charge is -2.40. The highest BCUT2D eigenvalue weighted by Gasteiger charge is 2.55. The Labute approximate surface area is 101 Å². The topological polar surface area (TPSA) is 20.2 Å². The first-order valence-corrected chi connectivity index (χ1v) is 6.49. The molecule has 0 bridgehead atoms. The number of hydrogen-bond donors (Lipinski definition) is 1. The Hall–Kier alpha value is -0.250. The molecule has 17 heavy (non-hydrogen) atoms. The molecule has 0 heterocycles. The van der Waals surface area contributed by atoms with Crippen molar-refractivity contribution < 1.29 is 18.3 Å². The van der Waals surface area contributed by atoms with Gasteiger partial charge in [-0.3, -0.25) is 0 Å². The second-order valence-electron chi connectivity index (χ2n) is 5.64. The van der Waals surface area contributed by atoms with E-state index in [1.54, 1.807) is 0 Å². The quantitative estimate of drug-likeness (QED) is 0.800. The molecule has 0 amide bonds. The molecular weight excluding hydrogens is 229 g/mol. The van der Waals surface area contributed by atoms with Gasteiger partial charge in [0.25, 0.3) is 0 Å². The summed E-state index contributed by atoms with van der Waals surface area (Å²) in [5.74, 6) is 0.467. The van der Waals surface area contributed by atoms with Gasteiger partial charge in [0.05, 0.1) is 0 Å². The molecule has 1 saturated carbocycles. The van der Waals surface area contributed by atoms with Crippen molar-refractivity contribution in [3.63, 3.8) is 0 Å². The van der Waals surface area contributed by atoms with Crippen LogP contribution in [0, 0.1) is 17.8 Å². The summed E-state index contributed by atoms with van der Waals surface area (Å²) in [6.45, 7) is 5.19. The van der Waals surface area contributed by atoms with Crippen molar-refractivity contribution in [2.24, 2.45) is 17.8 Å². The van der Waals surface area contributed by atoms with E-state index in [-0.39, 0.29) is 0 Å². The van der Waals surface area contributed by atoms with Crippen molar-refractivity contribution in [3.8, 4) is 0 Å². The maximum absolute atomic E-state index is 12.7. The van der Waals surface area contributed by atoms with Crippen molar-refractivity contribution in [2.75, 3.05) is 0 Å². The number of rotatable bonds is 3. The normalized spacial score (nSPS) is 31.9. The van der Waals surface area contributed by atoms with E-state index < -0.39 is 17.7 Å². The minimum atomic E-state index is -4.51. The molecule has 0 aromatic rings. The van der Waals surface area contributed by atoms with Crippen LogP contribution in [0.1, 0.15) is 52.9 Å². The Morgan fingerprint density at radius 3 is 2.00 bits per heavy atom. The van der Waals surface area contributed by atoms with Gasteiger partial charge < -0.3 is 5.11 Å². The van der Waals surface area contributed by atoms with Gasteiger partial charge in [0.1, 0.15) is 0 Å². The highest BCUT2D eigenvalue weighted by Crippen LogP contribution is 2.45. The zero-order valence-corrected chi connectivity index (χ0v) is 10.8. The van der Waals surface area contributed by atoms with Crippen molar-refractivity contribution in [1.82, 2.24) is 0 Å². The molecule has 0 aromatic carbocycles. The summed E-state index contributed by atoms with van der Waals surface area (Å²) >= 11 is 0. The molecule has 1 aliphatic carbocycles. The van der Waals surface area contributed by atoms with Gasteiger partial charge in [0, 0.05) is 0 Å². The molecule has 1 fully saturated rings. The number of halogens is 3. The van der Waals surface area contributed by atoms with Gasteiger partial charge in [-0.15, -0.1) is 0 Å². The van der Waals surface area contributed by atoms with E-state index in [1.165, 1.54) is 0 Å². The van der Waals surface area contributed by atoms with Crippen molar-refractivity contribution in [3.05, 3.63) is 0 Å². The monoisotopic (exact) mass is 252 g/mol. The summed E-state index contributed by atoms with van der Waals surface area (Å²) in [5, 5.41) is 9.63. The van der Waals surface area contributed by atoms with Crippen molar-refractivity contribution in [2.45, 2.75) is 64.7 Å². The second-order valence-corrected chi connectivity index (χ2v) is 5.64. The zero-order valence-electron chi connectivity index (χ0n) is 10.8. The fraction of sp³-hybridized carbons (Fsp3) is 1.00. The maximum Gasteiger partial charge on any atom is 0.417 e. The van der Waals surface area contributed by atoms with E-state index in [9.17, 15) is 18.3 Å². The van der Waals surface area contributed by atoms with E-state index in [2.05, 4.69) is 13.8 Å². The third kappa shape index (κ3) is 3.15. The van der Waals surface area contributed by atoms with E-state index in [4.69, 9.17) is 0 Å². The SMILES string of the molecule is CCC(C)C1CCC(C(C)(O)C(F)(F)F)CC1. The summed E-state index contributed by atoms with van der Waals surface area (Å²) in [6.07, 6.45) is -0.841. The van der Waals surface area contributed by atoms with Crippen molar-refractivity contribution in [1.29, 1.82) is 0 Å². The first-order chi connectivity index (χ1) is 7.70. The van der Waals surface area contributed by atoms with Gasteiger partial charge in [0.2, 0.25) is 0 Å². The molecule has 1 aliphatic rings. The fourth-order valence-corrected chi connectivity index (χ4v) is 2.82. The van der Waals surface area contributed by atoms with Gasteiger partial charge in [-0.05, 0) is 50.4 Å². The summed E-state index contributed by atoms with van der Waals surface area (Å²) in [7, 11) is 0. The lowest BCUT2D eigenvalue weighted by Crippen LogP contribution is -2.49. The average molecular weight is 252 g/mol. The van der Waals surface area contributed by atoms with Crippen LogP contribution < -0.4 is 0 Å². The molecule has 2 atom stereocenters. The van der Waals surface area contributed by atoms with Crippen LogP contribution in [0.15, 0.2) is 0 Å². The van der Waals surface area contributed by atoms with Crippen LogP contribution in [0.5, 0.6) is 0 Å². The van der Waals surface area contributed by atoms with Gasteiger partial charge in [-0.1, -0.05) is 20.3 Å². The van der Waals surface area contributed by atoms with Gasteiger partial charge in [-0.2, -0.15) is 13.2 Å².